The Morgan fingerprint density at radius 3 is 2.59 bits per heavy atom. The Balaban J connectivity index is 2.54. The van der Waals surface area contributed by atoms with E-state index in [2.05, 4.69) is 15.0 Å². The van der Waals surface area contributed by atoms with E-state index < -0.39 is 0 Å². The largest absolute Gasteiger partial charge is 0.253 e. The van der Waals surface area contributed by atoms with E-state index in [-0.39, 0.29) is 0 Å². The van der Waals surface area contributed by atoms with Crippen molar-refractivity contribution in [3.8, 4) is 11.5 Å². The maximum atomic E-state index is 6.15. The molecule has 0 aromatic carbocycles. The first-order valence-corrected chi connectivity index (χ1v) is 5.95. The second-order valence-corrected chi connectivity index (χ2v) is 4.33. The molecule has 2 aromatic heterocycles. The van der Waals surface area contributed by atoms with Crippen LogP contribution in [0.3, 0.4) is 0 Å². The standard InChI is InChI=1S/C13H14ClN3/c1-4-10-9(3)16-13(17-12(10)14)11-7-8(2)5-6-15-11/h5-7H,4H2,1-3H3. The van der Waals surface area contributed by atoms with Gasteiger partial charge in [-0.15, -0.1) is 0 Å². The molecule has 0 saturated carbocycles. The molecule has 0 aliphatic heterocycles. The number of rotatable bonds is 2. The maximum absolute atomic E-state index is 6.15. The number of halogens is 1. The predicted octanol–water partition coefficient (Wildman–Crippen LogP) is 3.37. The van der Waals surface area contributed by atoms with Crippen LogP contribution >= 0.6 is 11.6 Å². The van der Waals surface area contributed by atoms with Gasteiger partial charge in [-0.2, -0.15) is 0 Å². The van der Waals surface area contributed by atoms with Gasteiger partial charge in [0.15, 0.2) is 5.82 Å². The Bertz CT molecular complexity index is 529. The minimum absolute atomic E-state index is 0.526. The van der Waals surface area contributed by atoms with E-state index in [0.717, 1.165) is 28.9 Å². The van der Waals surface area contributed by atoms with Crippen LogP contribution in [-0.2, 0) is 6.42 Å². The van der Waals surface area contributed by atoms with Crippen LogP contribution in [0.25, 0.3) is 11.5 Å². The van der Waals surface area contributed by atoms with Crippen LogP contribution in [-0.4, -0.2) is 15.0 Å². The summed E-state index contributed by atoms with van der Waals surface area (Å²) in [4.78, 5) is 13.0. The highest BCUT2D eigenvalue weighted by Crippen LogP contribution is 2.21. The molecule has 0 unspecified atom stereocenters. The van der Waals surface area contributed by atoms with Crippen LogP contribution in [0.1, 0.15) is 23.7 Å². The molecule has 17 heavy (non-hydrogen) atoms. The van der Waals surface area contributed by atoms with Gasteiger partial charge in [-0.25, -0.2) is 9.97 Å². The Kier molecular flexibility index (Phi) is 3.38. The first-order chi connectivity index (χ1) is 8.11. The molecule has 2 rings (SSSR count). The van der Waals surface area contributed by atoms with Crippen LogP contribution in [0.5, 0.6) is 0 Å². The van der Waals surface area contributed by atoms with Crippen molar-refractivity contribution in [2.45, 2.75) is 27.2 Å². The van der Waals surface area contributed by atoms with E-state index >= 15 is 0 Å². The van der Waals surface area contributed by atoms with Gasteiger partial charge in [0.2, 0.25) is 0 Å². The fraction of sp³-hybridized carbons (Fsp3) is 0.308. The summed E-state index contributed by atoms with van der Waals surface area (Å²) < 4.78 is 0. The topological polar surface area (TPSA) is 38.7 Å². The summed E-state index contributed by atoms with van der Waals surface area (Å²) in [6, 6.07) is 3.90. The maximum Gasteiger partial charge on any atom is 0.179 e. The number of nitrogens with zero attached hydrogens (tertiary/aromatic N) is 3. The minimum Gasteiger partial charge on any atom is -0.253 e. The average Bonchev–Trinajstić information content (AvgIpc) is 2.28. The van der Waals surface area contributed by atoms with Gasteiger partial charge in [-0.3, -0.25) is 4.98 Å². The lowest BCUT2D eigenvalue weighted by molar-refractivity contribution is 0.994. The van der Waals surface area contributed by atoms with Crippen molar-refractivity contribution in [2.75, 3.05) is 0 Å². The minimum atomic E-state index is 0.526. The summed E-state index contributed by atoms with van der Waals surface area (Å²) in [5.41, 5.74) is 3.82. The zero-order valence-corrected chi connectivity index (χ0v) is 10.9. The number of aryl methyl sites for hydroxylation is 2. The fourth-order valence-electron chi connectivity index (χ4n) is 1.74. The predicted molar refractivity (Wildman–Crippen MR) is 69.1 cm³/mol. The normalized spacial score (nSPS) is 10.6. The molecule has 0 spiro atoms. The van der Waals surface area contributed by atoms with E-state index in [1.807, 2.05) is 32.9 Å². The van der Waals surface area contributed by atoms with Crippen molar-refractivity contribution in [1.29, 1.82) is 0 Å². The zero-order chi connectivity index (χ0) is 12.4. The van der Waals surface area contributed by atoms with Gasteiger partial charge in [0, 0.05) is 17.5 Å². The van der Waals surface area contributed by atoms with Crippen molar-refractivity contribution in [3.05, 3.63) is 40.3 Å². The van der Waals surface area contributed by atoms with Crippen LogP contribution in [0.4, 0.5) is 0 Å². The molecule has 0 saturated heterocycles. The molecular formula is C13H14ClN3. The van der Waals surface area contributed by atoms with Crippen molar-refractivity contribution in [3.63, 3.8) is 0 Å². The van der Waals surface area contributed by atoms with E-state index in [1.165, 1.54) is 0 Å². The smallest absolute Gasteiger partial charge is 0.179 e. The Morgan fingerprint density at radius 1 is 1.24 bits per heavy atom. The van der Waals surface area contributed by atoms with Crippen LogP contribution in [0, 0.1) is 13.8 Å². The molecule has 3 nitrogen and oxygen atoms in total. The summed E-state index contributed by atoms with van der Waals surface area (Å²) in [6.07, 6.45) is 2.59. The Morgan fingerprint density at radius 2 is 2.00 bits per heavy atom. The summed E-state index contributed by atoms with van der Waals surface area (Å²) >= 11 is 6.15. The monoisotopic (exact) mass is 247 g/mol. The molecule has 0 bridgehead atoms. The Labute approximate surface area is 106 Å². The average molecular weight is 248 g/mol. The highest BCUT2D eigenvalue weighted by molar-refractivity contribution is 6.30. The molecule has 4 heteroatoms. The first-order valence-electron chi connectivity index (χ1n) is 5.58. The van der Waals surface area contributed by atoms with Crippen molar-refractivity contribution >= 4 is 11.6 Å². The van der Waals surface area contributed by atoms with Gasteiger partial charge in [-0.05, 0) is 38.0 Å². The summed E-state index contributed by atoms with van der Waals surface area (Å²) in [7, 11) is 0. The lowest BCUT2D eigenvalue weighted by atomic mass is 10.2. The van der Waals surface area contributed by atoms with Crippen molar-refractivity contribution < 1.29 is 0 Å². The van der Waals surface area contributed by atoms with Crippen LogP contribution < -0.4 is 0 Å². The molecule has 0 fully saturated rings. The molecule has 0 aliphatic rings. The van der Waals surface area contributed by atoms with Gasteiger partial charge in [0.1, 0.15) is 10.8 Å². The fourth-order valence-corrected chi connectivity index (χ4v) is 2.09. The zero-order valence-electron chi connectivity index (χ0n) is 10.2. The first kappa shape index (κ1) is 12.0. The lowest BCUT2D eigenvalue weighted by Gasteiger charge is -2.07. The van der Waals surface area contributed by atoms with Crippen LogP contribution in [0.15, 0.2) is 18.3 Å². The third kappa shape index (κ3) is 2.44. The van der Waals surface area contributed by atoms with E-state index in [9.17, 15) is 0 Å². The summed E-state index contributed by atoms with van der Waals surface area (Å²) in [6.45, 7) is 6.01. The third-order valence-corrected chi connectivity index (χ3v) is 2.97. The second kappa shape index (κ2) is 4.80. The van der Waals surface area contributed by atoms with Gasteiger partial charge >= 0.3 is 0 Å². The van der Waals surface area contributed by atoms with Crippen LogP contribution in [0.2, 0.25) is 5.15 Å². The van der Waals surface area contributed by atoms with E-state index in [4.69, 9.17) is 11.6 Å². The number of pyridine rings is 1. The number of hydrogen-bond donors (Lipinski definition) is 0. The molecule has 0 aliphatic carbocycles. The molecular weight excluding hydrogens is 234 g/mol. The third-order valence-electron chi connectivity index (χ3n) is 2.66. The molecule has 0 radical (unpaired) electrons. The second-order valence-electron chi connectivity index (χ2n) is 3.97. The summed E-state index contributed by atoms with van der Waals surface area (Å²) in [5, 5.41) is 0.526. The van der Waals surface area contributed by atoms with Gasteiger partial charge in [-0.1, -0.05) is 18.5 Å². The molecule has 0 N–H and O–H groups in total. The van der Waals surface area contributed by atoms with Crippen molar-refractivity contribution in [2.24, 2.45) is 0 Å². The van der Waals surface area contributed by atoms with Crippen molar-refractivity contribution in [1.82, 2.24) is 15.0 Å². The number of aromatic nitrogens is 3. The Hall–Kier alpha value is -1.48. The highest BCUT2D eigenvalue weighted by atomic mass is 35.5. The van der Waals surface area contributed by atoms with Gasteiger partial charge in [0.25, 0.3) is 0 Å². The SMILES string of the molecule is CCc1c(C)nc(-c2cc(C)ccn2)nc1Cl. The number of hydrogen-bond acceptors (Lipinski definition) is 3. The molecule has 0 atom stereocenters. The van der Waals surface area contributed by atoms with Gasteiger partial charge < -0.3 is 0 Å². The van der Waals surface area contributed by atoms with E-state index in [0.29, 0.717) is 11.0 Å². The molecule has 88 valence electrons. The molecule has 2 aromatic rings. The quantitative estimate of drug-likeness (QED) is 0.764. The lowest BCUT2D eigenvalue weighted by Crippen LogP contribution is -2.00. The highest BCUT2D eigenvalue weighted by Gasteiger charge is 2.10. The van der Waals surface area contributed by atoms with E-state index in [1.54, 1.807) is 6.20 Å². The molecule has 2 heterocycles. The molecule has 0 amide bonds. The van der Waals surface area contributed by atoms with Gasteiger partial charge in [0.05, 0.1) is 0 Å². The summed E-state index contributed by atoms with van der Waals surface area (Å²) in [5.74, 6) is 0.591.